The molecule has 4 aliphatic heterocycles. The molecule has 98 heavy (non-hydrogen) atoms. The Kier molecular flexibility index (Phi) is 16.4. The van der Waals surface area contributed by atoms with E-state index in [0.717, 1.165) is 61.1 Å². The first-order valence-electron chi connectivity index (χ1n) is 32.1. The molecule has 476 valence electrons. The molecule has 0 radical (unpaired) electrons. The van der Waals surface area contributed by atoms with Crippen molar-refractivity contribution in [2.75, 3.05) is 20.0 Å². The summed E-state index contributed by atoms with van der Waals surface area (Å²) < 4.78 is 52.1. The molecule has 0 fully saturated rings. The summed E-state index contributed by atoms with van der Waals surface area (Å²) in [7, 11) is -7.02. The molecule has 0 atom stereocenters. The summed E-state index contributed by atoms with van der Waals surface area (Å²) in [6.07, 6.45) is 0. The van der Waals surface area contributed by atoms with Gasteiger partial charge in [-0.15, -0.1) is 0 Å². The van der Waals surface area contributed by atoms with Gasteiger partial charge in [-0.2, -0.15) is 0 Å². The van der Waals surface area contributed by atoms with Crippen LogP contribution in [-0.4, -0.2) is 16.8 Å². The maximum Gasteiger partial charge on any atom is 0.206 e. The maximum absolute atomic E-state index is 13.5. The molecule has 0 aromatic heterocycles. The van der Waals surface area contributed by atoms with Crippen LogP contribution in [0, 0.1) is 0 Å². The Bertz CT molecular complexity index is 5320. The van der Waals surface area contributed by atoms with Crippen LogP contribution in [0.5, 0.6) is 0 Å². The summed E-state index contributed by atoms with van der Waals surface area (Å²) in [6.45, 7) is 0. The van der Waals surface area contributed by atoms with Gasteiger partial charge >= 0.3 is 0 Å². The lowest BCUT2D eigenvalue weighted by atomic mass is 9.60. The zero-order chi connectivity index (χ0) is 65.7. The molecule has 0 unspecified atom stereocenters. The molecule has 1 N–H and O–H groups in total. The summed E-state index contributed by atoms with van der Waals surface area (Å²) >= 11 is 3.27. The molecule has 8 nitrogen and oxygen atoms in total. The minimum Gasteiger partial charge on any atom is -0.355 e. The van der Waals surface area contributed by atoms with Gasteiger partial charge in [0.15, 0.2) is 0 Å². The first-order valence-corrected chi connectivity index (χ1v) is 35.8. The predicted molar refractivity (Wildman–Crippen MR) is 402 cm³/mol. The largest absolute Gasteiger partial charge is 0.355 e. The average Bonchev–Trinajstić information content (AvgIpc) is 0.688. The van der Waals surface area contributed by atoms with Crippen molar-refractivity contribution in [2.45, 2.75) is 37.8 Å². The Morgan fingerprint density at radius 2 is 0.449 bits per heavy atom. The number of hydrogen-bond acceptors (Lipinski definition) is 8. The van der Waals surface area contributed by atoms with E-state index < -0.39 is 30.5 Å². The number of nitrogens with one attached hydrogen (secondary N) is 1. The van der Waals surface area contributed by atoms with Crippen LogP contribution in [0.15, 0.2) is 388 Å². The van der Waals surface area contributed by atoms with Crippen LogP contribution in [-0.2, 0) is 30.5 Å². The van der Waals surface area contributed by atoms with E-state index in [1.165, 1.54) is 50.4 Å². The molecule has 14 aromatic carbocycles. The molecule has 0 saturated carbocycles. The van der Waals surface area contributed by atoms with E-state index in [9.17, 15) is 16.8 Å². The molecule has 18 rings (SSSR count). The molecule has 11 heteroatoms. The fourth-order valence-electron chi connectivity index (χ4n) is 14.9. The third-order valence-electron chi connectivity index (χ3n) is 18.9. The van der Waals surface area contributed by atoms with Crippen LogP contribution in [0.2, 0.25) is 0 Å². The van der Waals surface area contributed by atoms with Crippen LogP contribution in [0.4, 0.5) is 62.6 Å². The summed E-state index contributed by atoms with van der Waals surface area (Å²) in [4.78, 5) is 8.22. The Balaban J connectivity index is 0.000000135. The molecule has 0 saturated heterocycles. The fraction of sp³-hybridized carbons (Fsp3) is 0.0345. The Morgan fingerprint density at radius 1 is 0.235 bits per heavy atom. The van der Waals surface area contributed by atoms with Gasteiger partial charge in [0, 0.05) is 32.9 Å². The average molecular weight is 1370 g/mol. The van der Waals surface area contributed by atoms with E-state index >= 15 is 0 Å². The van der Waals surface area contributed by atoms with Gasteiger partial charge in [0.2, 0.25) is 19.7 Å². The van der Waals surface area contributed by atoms with Gasteiger partial charge in [-0.1, -0.05) is 242 Å². The molecule has 0 bridgehead atoms. The fourth-order valence-corrected chi connectivity index (χ4v) is 17.7. The molecule has 0 aliphatic carbocycles. The Morgan fingerprint density at radius 3 is 0.755 bits per heavy atom. The van der Waals surface area contributed by atoms with Crippen molar-refractivity contribution in [3.05, 3.63) is 413 Å². The molecular formula is C87H65BrN4O4S2. The third kappa shape index (κ3) is 10.2. The van der Waals surface area contributed by atoms with E-state index in [0.29, 0.717) is 9.79 Å². The highest BCUT2D eigenvalue weighted by Gasteiger charge is 2.53. The van der Waals surface area contributed by atoms with Crippen molar-refractivity contribution < 1.29 is 16.8 Å². The summed E-state index contributed by atoms with van der Waals surface area (Å²) in [6, 6.07) is 122. The van der Waals surface area contributed by atoms with E-state index in [-0.39, 0.29) is 17.2 Å². The van der Waals surface area contributed by atoms with Gasteiger partial charge in [0.1, 0.15) is 0 Å². The van der Waals surface area contributed by atoms with E-state index in [2.05, 4.69) is 291 Å². The van der Waals surface area contributed by atoms with Gasteiger partial charge in [-0.05, 0) is 190 Å². The number of sulfone groups is 2. The molecule has 14 aromatic rings. The number of nitrogens with zero attached hydrogens (tertiary/aromatic N) is 3. The summed E-state index contributed by atoms with van der Waals surface area (Å²) in [5.74, 6) is 0. The number of rotatable bonds is 7. The first kappa shape index (κ1) is 62.8. The smallest absolute Gasteiger partial charge is 0.206 e. The number of hydrogen-bond donors (Lipinski definition) is 1. The van der Waals surface area contributed by atoms with Gasteiger partial charge in [0.25, 0.3) is 0 Å². The monoisotopic (exact) mass is 1370 g/mol. The number of fused-ring (bicyclic) bond motifs is 16. The van der Waals surface area contributed by atoms with E-state index in [4.69, 9.17) is 0 Å². The predicted octanol–water partition coefficient (Wildman–Crippen LogP) is 22.3. The topological polar surface area (TPSA) is 90.0 Å². The van der Waals surface area contributed by atoms with Crippen LogP contribution < -0.4 is 20.0 Å². The van der Waals surface area contributed by atoms with E-state index in [1.807, 2.05) is 18.2 Å². The van der Waals surface area contributed by atoms with Crippen molar-refractivity contribution in [1.29, 1.82) is 0 Å². The minimum absolute atomic E-state index is 0. The number of para-hydroxylation sites is 10. The van der Waals surface area contributed by atoms with Gasteiger partial charge in [0.05, 0.1) is 64.5 Å². The molecular weight excluding hydrogens is 1310 g/mol. The zero-order valence-electron chi connectivity index (χ0n) is 52.3. The first-order chi connectivity index (χ1) is 47.6. The van der Waals surface area contributed by atoms with Crippen LogP contribution in [0.1, 0.15) is 51.9 Å². The SMILES string of the molecule is C.O=S(=O)(c1ccccc1)c1ccc(Br)cc1.O=S(=O)(c1ccccc1)c1ccc(N2c3ccccc3C3(c4ccccc4N(c4ccccc4)c4ccccc43)c3ccccc32)cc1.c1ccc(N2c3ccccc3C3(c4ccccc4Nc4ccccc43)c3ccccc32)cc1. The minimum atomic E-state index is -3.65. The van der Waals surface area contributed by atoms with Crippen molar-refractivity contribution in [1.82, 2.24) is 0 Å². The number of anilines is 11. The Labute approximate surface area is 581 Å². The quantitative estimate of drug-likeness (QED) is 0.169. The summed E-state index contributed by atoms with van der Waals surface area (Å²) in [5.41, 5.74) is 21.2. The molecule has 4 aliphatic rings. The molecule has 2 spiro atoms. The second kappa shape index (κ2) is 25.7. The van der Waals surface area contributed by atoms with Crippen LogP contribution in [0.25, 0.3) is 0 Å². The number of benzene rings is 14. The van der Waals surface area contributed by atoms with Crippen molar-refractivity contribution in [2.24, 2.45) is 0 Å². The van der Waals surface area contributed by atoms with Crippen LogP contribution in [0.3, 0.4) is 0 Å². The lowest BCUT2D eigenvalue weighted by Crippen LogP contribution is -2.41. The van der Waals surface area contributed by atoms with Crippen LogP contribution >= 0.6 is 15.9 Å². The molecule has 4 heterocycles. The second-order valence-electron chi connectivity index (χ2n) is 24.1. The van der Waals surface area contributed by atoms with Crippen molar-refractivity contribution in [3.63, 3.8) is 0 Å². The highest BCUT2D eigenvalue weighted by molar-refractivity contribution is 9.10. The second-order valence-corrected chi connectivity index (χ2v) is 28.9. The van der Waals surface area contributed by atoms with E-state index in [1.54, 1.807) is 91.0 Å². The van der Waals surface area contributed by atoms with Crippen molar-refractivity contribution in [3.8, 4) is 0 Å². The van der Waals surface area contributed by atoms with Gasteiger partial charge in [-0.3, -0.25) is 0 Å². The highest BCUT2D eigenvalue weighted by atomic mass is 79.9. The molecule has 0 amide bonds. The Hall–Kier alpha value is -11.3. The lowest BCUT2D eigenvalue weighted by Gasteiger charge is -2.51. The standard InChI is InChI=1S/C43H30N2O2S.C31H22N2.C12H9BrO2S.CH4/c46-48(47,33-17-5-2-6-18-33)34-29-27-32(28-30-34)45-41-25-13-9-21-37(41)43(38-22-10-14-26-42(38)45)35-19-7-11-23-39(35)44(31-15-3-1-4-16-31)40-24-12-8-20-36(40)43;1-2-12-22(13-3-1)33-29-20-10-6-16-25(29)31(26-17-7-11-21-30(26)33)23-14-4-8-18-27(23)32-28-19-9-5-15-24(28)31;13-10-6-8-12(9-7-10)16(14,15)11-4-2-1-3-5-11;/h1-30H;1-21,32H;1-9H;1H4. The normalized spacial score (nSPS) is 13.6. The maximum atomic E-state index is 13.5. The number of halogens is 1. The highest BCUT2D eigenvalue weighted by Crippen LogP contribution is 2.65. The van der Waals surface area contributed by atoms with Gasteiger partial charge < -0.3 is 20.0 Å². The van der Waals surface area contributed by atoms with Gasteiger partial charge in [-0.25, -0.2) is 16.8 Å². The summed E-state index contributed by atoms with van der Waals surface area (Å²) in [5, 5.41) is 3.70. The lowest BCUT2D eigenvalue weighted by molar-refractivity contribution is 0.594. The zero-order valence-corrected chi connectivity index (χ0v) is 55.5. The van der Waals surface area contributed by atoms with Crippen molar-refractivity contribution >= 4 is 98.2 Å². The third-order valence-corrected chi connectivity index (χ3v) is 23.0.